The van der Waals surface area contributed by atoms with Crippen molar-refractivity contribution in [3.05, 3.63) is 48.1 Å². The second-order valence-corrected chi connectivity index (χ2v) is 21.0. The van der Waals surface area contributed by atoms with Gasteiger partial charge in [0.15, 0.2) is 5.78 Å². The minimum atomic E-state index is -2.40. The highest BCUT2D eigenvalue weighted by atomic mass is 16.6. The lowest BCUT2D eigenvalue weighted by Gasteiger charge is -2.42. The largest absolute Gasteiger partial charge is 0.460 e. The Morgan fingerprint density at radius 1 is 0.912 bits per heavy atom. The van der Waals surface area contributed by atoms with Crippen molar-refractivity contribution in [2.45, 2.75) is 195 Å². The number of aliphatic hydroxyl groups is 2. The first-order valence-corrected chi connectivity index (χ1v) is 25.5. The fraction of sp³-hybridized carbons (Fsp3) is 0.764. The molecular formula is C55H89NO12. The fourth-order valence-electron chi connectivity index (χ4n) is 10.7. The summed E-state index contributed by atoms with van der Waals surface area (Å²) in [6.45, 7) is 23.2. The Bertz CT molecular complexity index is 1770. The molecule has 3 fully saturated rings. The van der Waals surface area contributed by atoms with Crippen LogP contribution in [0.4, 0.5) is 0 Å². The molecule has 2 N–H and O–H groups in total. The summed E-state index contributed by atoms with van der Waals surface area (Å²) < 4.78 is 29.5. The van der Waals surface area contributed by atoms with Gasteiger partial charge in [0.05, 0.1) is 18.3 Å². The van der Waals surface area contributed by atoms with Gasteiger partial charge in [-0.05, 0) is 120 Å². The van der Waals surface area contributed by atoms with Crippen LogP contribution in [0.5, 0.6) is 0 Å². The number of rotatable bonds is 26. The van der Waals surface area contributed by atoms with Gasteiger partial charge in [-0.15, -0.1) is 0 Å². The summed E-state index contributed by atoms with van der Waals surface area (Å²) >= 11 is 0. The number of nitrogens with zero attached hydrogens (tertiary/aromatic N) is 1. The number of ketones is 3. The number of piperidine rings is 1. The number of hydrogen-bond acceptors (Lipinski definition) is 12. The van der Waals surface area contributed by atoms with Crippen LogP contribution in [0.25, 0.3) is 0 Å². The topological polar surface area (TPSA) is 175 Å². The first-order chi connectivity index (χ1) is 32.0. The van der Waals surface area contributed by atoms with E-state index in [0.717, 1.165) is 24.8 Å². The minimum absolute atomic E-state index is 0.0882. The average Bonchev–Trinajstić information content (AvgIpc) is 3.30. The predicted octanol–water partition coefficient (Wildman–Crippen LogP) is 8.73. The van der Waals surface area contributed by atoms with Crippen LogP contribution >= 0.6 is 0 Å². The van der Waals surface area contributed by atoms with E-state index in [2.05, 4.69) is 20.4 Å². The van der Waals surface area contributed by atoms with Crippen molar-refractivity contribution in [2.24, 2.45) is 47.3 Å². The molecule has 2 aliphatic heterocycles. The highest BCUT2D eigenvalue weighted by Crippen LogP contribution is 2.40. The van der Waals surface area contributed by atoms with Crippen molar-refractivity contribution in [3.63, 3.8) is 0 Å². The second-order valence-electron chi connectivity index (χ2n) is 21.0. The van der Waals surface area contributed by atoms with Crippen molar-refractivity contribution in [1.29, 1.82) is 0 Å². The molecule has 2 saturated heterocycles. The molecule has 2 heterocycles. The molecule has 386 valence electrons. The molecule has 3 rings (SSSR count). The zero-order valence-corrected chi connectivity index (χ0v) is 43.9. The first-order valence-electron chi connectivity index (χ1n) is 25.5. The smallest absolute Gasteiger partial charge is 0.329 e. The molecule has 13 heteroatoms. The normalized spacial score (nSPS) is 28.6. The van der Waals surface area contributed by atoms with E-state index in [4.69, 9.17) is 23.7 Å². The van der Waals surface area contributed by atoms with Crippen LogP contribution < -0.4 is 0 Å². The number of allylic oxidation sites excluding steroid dienone is 5. The van der Waals surface area contributed by atoms with E-state index in [-0.39, 0.29) is 66.8 Å². The van der Waals surface area contributed by atoms with Crippen molar-refractivity contribution in [1.82, 2.24) is 4.90 Å². The van der Waals surface area contributed by atoms with Gasteiger partial charge >= 0.3 is 5.97 Å². The van der Waals surface area contributed by atoms with Gasteiger partial charge in [-0.1, -0.05) is 91.0 Å². The van der Waals surface area contributed by atoms with E-state index in [1.54, 1.807) is 41.1 Å². The Labute approximate surface area is 408 Å². The number of methoxy groups -OCH3 is 3. The minimum Gasteiger partial charge on any atom is -0.460 e. The molecule has 15 atom stereocenters. The maximum absolute atomic E-state index is 14.5. The van der Waals surface area contributed by atoms with Gasteiger partial charge in [0, 0.05) is 58.5 Å². The number of likely N-dealkylation sites (tertiary alicyclic amines) is 1. The molecule has 0 aromatic rings. The highest BCUT2D eigenvalue weighted by molar-refractivity contribution is 6.39. The molecule has 3 aliphatic rings. The maximum atomic E-state index is 14.5. The number of carbonyl (C=O) groups excluding carboxylic acids is 5. The van der Waals surface area contributed by atoms with E-state index in [1.807, 2.05) is 58.9 Å². The zero-order valence-electron chi connectivity index (χ0n) is 43.9. The number of hydrogen-bond donors (Lipinski definition) is 2. The van der Waals surface area contributed by atoms with Gasteiger partial charge in [0.1, 0.15) is 30.1 Å². The van der Waals surface area contributed by atoms with Gasteiger partial charge in [-0.3, -0.25) is 19.2 Å². The van der Waals surface area contributed by atoms with Crippen LogP contribution in [0, 0.1) is 47.3 Å². The van der Waals surface area contributed by atoms with Crippen LogP contribution in [0.15, 0.2) is 48.1 Å². The summed E-state index contributed by atoms with van der Waals surface area (Å²) in [5.74, 6) is -6.49. The Morgan fingerprint density at radius 3 is 2.21 bits per heavy atom. The fourth-order valence-corrected chi connectivity index (χ4v) is 10.7. The summed E-state index contributed by atoms with van der Waals surface area (Å²) in [5.41, 5.74) is 1.18. The number of aliphatic hydroxyl groups excluding tert-OH is 1. The monoisotopic (exact) mass is 956 g/mol. The lowest BCUT2D eigenvalue weighted by Crippen LogP contribution is -2.61. The number of Topliss-reactive ketones (excluding diaryl/α,β-unsaturated/α-hetero) is 3. The summed E-state index contributed by atoms with van der Waals surface area (Å²) in [5, 5.41) is 23.2. The summed E-state index contributed by atoms with van der Waals surface area (Å²) in [7, 11) is 4.70. The molecule has 0 radical (unpaired) electrons. The number of carbonyl (C=O) groups is 5. The molecular weight excluding hydrogens is 867 g/mol. The van der Waals surface area contributed by atoms with Crippen LogP contribution in [-0.2, 0) is 47.7 Å². The Morgan fingerprint density at radius 2 is 1.60 bits per heavy atom. The van der Waals surface area contributed by atoms with E-state index >= 15 is 0 Å². The molecule has 1 aliphatic carbocycles. The predicted molar refractivity (Wildman–Crippen MR) is 264 cm³/mol. The van der Waals surface area contributed by atoms with Gasteiger partial charge in [-0.25, -0.2) is 4.79 Å². The summed E-state index contributed by atoms with van der Waals surface area (Å²) in [6, 6.07) is -1.11. The van der Waals surface area contributed by atoms with Gasteiger partial charge < -0.3 is 38.8 Å². The summed E-state index contributed by atoms with van der Waals surface area (Å²) in [6.07, 6.45) is 12.0. The Hall–Kier alpha value is -3.33. The first kappa shape index (κ1) is 59.0. The zero-order chi connectivity index (χ0) is 51.0. The SMILES string of the molecule is C=C(C)[C@H](C[C@@H]1CC[C@@H](C)[C@](O)(C(=O)C(=O)N2CCCC[C@H]2C(=O)O[C@@H](CC(=O)[C@H](C)/C=C(\C)[C@@H](O)[C@@H](OC)C(=O)[C@H](C)C[C@H](C)/C=C/C=C/C)[C@H](C)C[C@@H]2CC[C@@H](C(C)C)[C@H](OC)C2)O1)OC. The second kappa shape index (κ2) is 27.9. The third-order valence-corrected chi connectivity index (χ3v) is 15.2. The quantitative estimate of drug-likeness (QED) is 0.0366. The number of esters is 1. The van der Waals surface area contributed by atoms with Crippen LogP contribution in [0.3, 0.4) is 0 Å². The molecule has 0 spiro atoms. The lowest BCUT2D eigenvalue weighted by atomic mass is 9.72. The lowest BCUT2D eigenvalue weighted by molar-refractivity contribution is -0.265. The van der Waals surface area contributed by atoms with Crippen molar-refractivity contribution >= 4 is 29.2 Å². The molecule has 68 heavy (non-hydrogen) atoms. The van der Waals surface area contributed by atoms with E-state index in [0.29, 0.717) is 62.4 Å². The standard InChI is InChI=1S/C55H89NO12/c1-15-16-17-20-35(6)27-38(9)49(58)51(66-14)50(59)39(10)28-36(7)45(57)32-47(37(8)29-41-23-25-43(33(2)3)48(30-41)65-13)67-54(62)44-21-18-19-26-56(44)53(61)52(60)55(63)40(11)22-24-42(68-55)31-46(64-12)34(4)5/h15-17,20,28,33,35-38,40-44,46-48,50-51,59,63H,4,18-19,21-27,29-32H2,1-3,5-14H3/b16-15+,20-17+,39-28+/t35-,36-,37-,38-,40-,41+,42+,43+,44+,46+,47+,48-,50-,51+,55-/m1/s1. The third-order valence-electron chi connectivity index (χ3n) is 15.2. The van der Waals surface area contributed by atoms with Crippen LogP contribution in [0.1, 0.15) is 146 Å². The van der Waals surface area contributed by atoms with E-state index in [1.165, 1.54) is 12.0 Å². The van der Waals surface area contributed by atoms with E-state index < -0.39 is 65.7 Å². The summed E-state index contributed by atoms with van der Waals surface area (Å²) in [4.78, 5) is 71.8. The molecule has 0 bridgehead atoms. The molecule has 0 aromatic heterocycles. The number of amides is 1. The highest BCUT2D eigenvalue weighted by Gasteiger charge is 2.53. The third kappa shape index (κ3) is 16.1. The number of ether oxygens (including phenoxy) is 5. The van der Waals surface area contributed by atoms with Crippen molar-refractivity contribution < 1.29 is 57.9 Å². The molecule has 13 nitrogen and oxygen atoms in total. The van der Waals surface area contributed by atoms with Gasteiger partial charge in [0.2, 0.25) is 5.79 Å². The maximum Gasteiger partial charge on any atom is 0.329 e. The van der Waals surface area contributed by atoms with Crippen LogP contribution in [-0.4, -0.2) is 121 Å². The molecule has 1 saturated carbocycles. The van der Waals surface area contributed by atoms with Crippen LogP contribution in [0.2, 0.25) is 0 Å². The Kier molecular flexibility index (Phi) is 24.2. The van der Waals surface area contributed by atoms with E-state index in [9.17, 15) is 34.2 Å². The van der Waals surface area contributed by atoms with Gasteiger partial charge in [-0.2, -0.15) is 0 Å². The Balaban J connectivity index is 1.86. The average molecular weight is 956 g/mol. The van der Waals surface area contributed by atoms with Crippen molar-refractivity contribution in [3.8, 4) is 0 Å². The molecule has 0 aromatic carbocycles. The molecule has 1 amide bonds. The van der Waals surface area contributed by atoms with Crippen molar-refractivity contribution in [2.75, 3.05) is 27.9 Å². The van der Waals surface area contributed by atoms with Gasteiger partial charge in [0.25, 0.3) is 11.7 Å². The molecule has 0 unspecified atom stereocenters.